The first-order valence-electron chi connectivity index (χ1n) is 7.17. The molecule has 20 heavy (non-hydrogen) atoms. The standard InChI is InChI=1S/C13H23N5OS/c1-3-5-10-11(12(19)16-14)20-13(15-10)18-8-6-17(4-2)7-9-18/h3-9,14H2,1-2H3,(H,16,19). The van der Waals surface area contributed by atoms with Gasteiger partial charge < -0.3 is 9.80 Å². The topological polar surface area (TPSA) is 74.5 Å². The lowest BCUT2D eigenvalue weighted by molar-refractivity contribution is 0.0956. The zero-order valence-corrected chi connectivity index (χ0v) is 13.0. The second kappa shape index (κ2) is 7.01. The molecule has 0 unspecified atom stereocenters. The molecule has 0 radical (unpaired) electrons. The molecule has 1 aliphatic heterocycles. The lowest BCUT2D eigenvalue weighted by atomic mass is 10.2. The number of carbonyl (C=O) groups excluding carboxylic acids is 1. The highest BCUT2D eigenvalue weighted by Crippen LogP contribution is 2.28. The third-order valence-electron chi connectivity index (χ3n) is 3.60. The highest BCUT2D eigenvalue weighted by atomic mass is 32.1. The normalized spacial score (nSPS) is 16.4. The van der Waals surface area contributed by atoms with Crippen molar-refractivity contribution < 1.29 is 4.79 Å². The number of anilines is 1. The van der Waals surface area contributed by atoms with E-state index in [0.717, 1.165) is 56.4 Å². The number of nitrogens with one attached hydrogen (secondary N) is 1. The van der Waals surface area contributed by atoms with E-state index in [1.807, 2.05) is 0 Å². The summed E-state index contributed by atoms with van der Waals surface area (Å²) in [5.74, 6) is 5.02. The second-order valence-corrected chi connectivity index (χ2v) is 5.89. The zero-order chi connectivity index (χ0) is 14.5. The predicted octanol–water partition coefficient (Wildman–Crippen LogP) is 0.841. The molecule has 7 heteroatoms. The summed E-state index contributed by atoms with van der Waals surface area (Å²) in [7, 11) is 0. The van der Waals surface area contributed by atoms with Crippen LogP contribution in [0.2, 0.25) is 0 Å². The minimum atomic E-state index is -0.232. The van der Waals surface area contributed by atoms with E-state index in [1.165, 1.54) is 11.3 Å². The maximum absolute atomic E-state index is 11.8. The number of nitrogens with two attached hydrogens (primary N) is 1. The molecule has 1 aromatic heterocycles. The molecule has 2 rings (SSSR count). The number of hydrogen-bond donors (Lipinski definition) is 2. The Bertz CT molecular complexity index is 454. The Kier molecular flexibility index (Phi) is 5.33. The molecule has 1 saturated heterocycles. The monoisotopic (exact) mass is 297 g/mol. The van der Waals surface area contributed by atoms with Crippen LogP contribution in [0.5, 0.6) is 0 Å². The maximum Gasteiger partial charge on any atom is 0.277 e. The van der Waals surface area contributed by atoms with E-state index in [4.69, 9.17) is 5.84 Å². The first-order valence-corrected chi connectivity index (χ1v) is 7.99. The van der Waals surface area contributed by atoms with E-state index in [2.05, 4.69) is 34.1 Å². The molecule has 0 saturated carbocycles. The summed E-state index contributed by atoms with van der Waals surface area (Å²) in [6, 6.07) is 0. The van der Waals surface area contributed by atoms with E-state index in [0.29, 0.717) is 4.88 Å². The fourth-order valence-corrected chi connectivity index (χ4v) is 3.45. The van der Waals surface area contributed by atoms with Crippen LogP contribution < -0.4 is 16.2 Å². The third kappa shape index (κ3) is 3.28. The van der Waals surface area contributed by atoms with Gasteiger partial charge in [0.1, 0.15) is 4.88 Å². The molecule has 0 spiro atoms. The number of likely N-dealkylation sites (N-methyl/N-ethyl adjacent to an activating group) is 1. The van der Waals surface area contributed by atoms with Gasteiger partial charge in [0.2, 0.25) is 0 Å². The van der Waals surface area contributed by atoms with Crippen LogP contribution in [0.1, 0.15) is 35.6 Å². The Morgan fingerprint density at radius 1 is 1.35 bits per heavy atom. The number of rotatable bonds is 5. The van der Waals surface area contributed by atoms with Crippen LogP contribution >= 0.6 is 11.3 Å². The molecule has 3 N–H and O–H groups in total. The van der Waals surface area contributed by atoms with E-state index in [9.17, 15) is 4.79 Å². The Labute approximate surface area is 123 Å². The van der Waals surface area contributed by atoms with Crippen LogP contribution in [-0.2, 0) is 6.42 Å². The zero-order valence-electron chi connectivity index (χ0n) is 12.2. The van der Waals surface area contributed by atoms with Gasteiger partial charge in [-0.2, -0.15) is 0 Å². The molecule has 112 valence electrons. The van der Waals surface area contributed by atoms with E-state index < -0.39 is 0 Å². The number of aromatic nitrogens is 1. The Morgan fingerprint density at radius 3 is 2.60 bits per heavy atom. The lowest BCUT2D eigenvalue weighted by Crippen LogP contribution is -2.46. The fraction of sp³-hybridized carbons (Fsp3) is 0.692. The van der Waals surface area contributed by atoms with Crippen LogP contribution in [0.15, 0.2) is 0 Å². The summed E-state index contributed by atoms with van der Waals surface area (Å²) in [5, 5.41) is 0.947. The van der Waals surface area contributed by atoms with Crippen molar-refractivity contribution >= 4 is 22.4 Å². The van der Waals surface area contributed by atoms with Crippen molar-refractivity contribution in [1.29, 1.82) is 0 Å². The quantitative estimate of drug-likeness (QED) is 0.478. The van der Waals surface area contributed by atoms with Crippen molar-refractivity contribution in [2.45, 2.75) is 26.7 Å². The average molecular weight is 297 g/mol. The minimum Gasteiger partial charge on any atom is -0.346 e. The number of hydrazine groups is 1. The lowest BCUT2D eigenvalue weighted by Gasteiger charge is -2.33. The SMILES string of the molecule is CCCc1nc(N2CCN(CC)CC2)sc1C(=O)NN. The van der Waals surface area contributed by atoms with Gasteiger partial charge >= 0.3 is 0 Å². The first kappa shape index (κ1) is 15.2. The summed E-state index contributed by atoms with van der Waals surface area (Å²) in [5.41, 5.74) is 3.09. The van der Waals surface area contributed by atoms with Gasteiger partial charge in [0, 0.05) is 26.2 Å². The molecule has 0 aromatic carbocycles. The highest BCUT2D eigenvalue weighted by Gasteiger charge is 2.22. The Hall–Kier alpha value is -1.18. The fourth-order valence-electron chi connectivity index (χ4n) is 2.38. The van der Waals surface area contributed by atoms with Gasteiger partial charge in [-0.05, 0) is 13.0 Å². The number of nitrogens with zero attached hydrogens (tertiary/aromatic N) is 3. The molecule has 0 aliphatic carbocycles. The predicted molar refractivity (Wildman–Crippen MR) is 82.1 cm³/mol. The molecule has 6 nitrogen and oxygen atoms in total. The van der Waals surface area contributed by atoms with Crippen molar-refractivity contribution in [1.82, 2.24) is 15.3 Å². The van der Waals surface area contributed by atoms with E-state index in [-0.39, 0.29) is 5.91 Å². The molecule has 0 atom stereocenters. The van der Waals surface area contributed by atoms with Crippen molar-refractivity contribution in [2.75, 3.05) is 37.6 Å². The van der Waals surface area contributed by atoms with Crippen LogP contribution in [0.25, 0.3) is 0 Å². The van der Waals surface area contributed by atoms with E-state index in [1.54, 1.807) is 0 Å². The smallest absolute Gasteiger partial charge is 0.277 e. The summed E-state index contributed by atoms with van der Waals surface area (Å²) in [6.45, 7) is 9.40. The van der Waals surface area contributed by atoms with Crippen LogP contribution in [0.4, 0.5) is 5.13 Å². The third-order valence-corrected chi connectivity index (χ3v) is 4.76. The summed E-state index contributed by atoms with van der Waals surface area (Å²) in [4.78, 5) is 21.8. The van der Waals surface area contributed by atoms with Crippen LogP contribution in [0.3, 0.4) is 0 Å². The molecule has 1 fully saturated rings. The molecular weight excluding hydrogens is 274 g/mol. The number of aryl methyl sites for hydroxylation is 1. The largest absolute Gasteiger partial charge is 0.346 e. The molecular formula is C13H23N5OS. The number of hydrogen-bond acceptors (Lipinski definition) is 6. The van der Waals surface area contributed by atoms with Crippen molar-refractivity contribution in [3.8, 4) is 0 Å². The highest BCUT2D eigenvalue weighted by molar-refractivity contribution is 7.17. The Morgan fingerprint density at radius 2 is 2.05 bits per heavy atom. The summed E-state index contributed by atoms with van der Waals surface area (Å²) < 4.78 is 0. The van der Waals surface area contributed by atoms with Gasteiger partial charge in [0.05, 0.1) is 5.69 Å². The number of nitrogen functional groups attached to an aromatic ring is 1. The van der Waals surface area contributed by atoms with Crippen molar-refractivity contribution in [3.05, 3.63) is 10.6 Å². The second-order valence-electron chi connectivity index (χ2n) is 4.92. The van der Waals surface area contributed by atoms with Crippen molar-refractivity contribution in [2.24, 2.45) is 5.84 Å². The summed E-state index contributed by atoms with van der Waals surface area (Å²) >= 11 is 1.45. The first-order chi connectivity index (χ1) is 9.69. The van der Waals surface area contributed by atoms with Gasteiger partial charge in [-0.1, -0.05) is 31.6 Å². The minimum absolute atomic E-state index is 0.232. The van der Waals surface area contributed by atoms with Gasteiger partial charge in [-0.25, -0.2) is 10.8 Å². The number of thiazole rings is 1. The molecule has 1 amide bonds. The molecule has 0 bridgehead atoms. The van der Waals surface area contributed by atoms with Gasteiger partial charge in [0.25, 0.3) is 5.91 Å². The van der Waals surface area contributed by atoms with Gasteiger partial charge in [-0.3, -0.25) is 10.2 Å². The van der Waals surface area contributed by atoms with Gasteiger partial charge in [0.15, 0.2) is 5.13 Å². The van der Waals surface area contributed by atoms with E-state index >= 15 is 0 Å². The Balaban J connectivity index is 2.14. The maximum atomic E-state index is 11.8. The number of amides is 1. The van der Waals surface area contributed by atoms with Gasteiger partial charge in [-0.15, -0.1) is 0 Å². The molecule has 1 aliphatic rings. The number of piperazine rings is 1. The number of carbonyl (C=O) groups is 1. The van der Waals surface area contributed by atoms with Crippen LogP contribution in [0, 0.1) is 0 Å². The molecule has 2 heterocycles. The average Bonchev–Trinajstić information content (AvgIpc) is 2.91. The summed E-state index contributed by atoms with van der Waals surface area (Å²) in [6.07, 6.45) is 1.78. The van der Waals surface area contributed by atoms with Crippen LogP contribution in [-0.4, -0.2) is 48.5 Å². The molecule has 1 aromatic rings. The van der Waals surface area contributed by atoms with Crippen molar-refractivity contribution in [3.63, 3.8) is 0 Å².